The van der Waals surface area contributed by atoms with Crippen molar-refractivity contribution in [1.29, 1.82) is 0 Å². The Hall–Kier alpha value is -2.97. The normalized spacial score (nSPS) is 11.0. The Balaban J connectivity index is 1.84. The summed E-state index contributed by atoms with van der Waals surface area (Å²) in [5.41, 5.74) is 3.13. The van der Waals surface area contributed by atoms with E-state index in [4.69, 9.17) is 9.47 Å². The van der Waals surface area contributed by atoms with Crippen LogP contribution in [0.25, 0.3) is 10.9 Å². The molecule has 1 N–H and O–H groups in total. The van der Waals surface area contributed by atoms with Crippen molar-refractivity contribution < 1.29 is 14.4 Å². The molecule has 8 heteroatoms. The van der Waals surface area contributed by atoms with Gasteiger partial charge in [-0.25, -0.2) is 0 Å². The number of fused-ring (bicyclic) bond motifs is 1. The van der Waals surface area contributed by atoms with Crippen molar-refractivity contribution in [2.45, 2.75) is 13.5 Å². The van der Waals surface area contributed by atoms with Crippen LogP contribution in [0.4, 0.5) is 17.1 Å². The van der Waals surface area contributed by atoms with E-state index in [0.717, 1.165) is 22.3 Å². The van der Waals surface area contributed by atoms with E-state index in [1.165, 1.54) is 6.07 Å². The number of hydrogen-bond donors (Lipinski definition) is 1. The SMILES string of the molecule is COCOCCn1nc(C)c2cc(Nc3ccccc3[N+](=O)[O-])ccc21. The fourth-order valence-corrected chi connectivity index (χ4v) is 2.78. The molecular formula is C18H20N4O4. The van der Waals surface area contributed by atoms with Crippen LogP contribution in [0.1, 0.15) is 5.69 Å². The number of rotatable bonds is 8. The van der Waals surface area contributed by atoms with Gasteiger partial charge in [0.2, 0.25) is 0 Å². The van der Waals surface area contributed by atoms with Crippen molar-refractivity contribution in [3.63, 3.8) is 0 Å². The molecule has 0 atom stereocenters. The van der Waals surface area contributed by atoms with E-state index in [9.17, 15) is 10.1 Å². The number of nitrogens with zero attached hydrogens (tertiary/aromatic N) is 3. The number of nitro groups is 1. The minimum atomic E-state index is -0.399. The molecule has 0 saturated heterocycles. The fourth-order valence-electron chi connectivity index (χ4n) is 2.78. The summed E-state index contributed by atoms with van der Waals surface area (Å²) in [4.78, 5) is 10.8. The summed E-state index contributed by atoms with van der Waals surface area (Å²) < 4.78 is 12.1. The predicted octanol–water partition coefficient (Wildman–Crippen LogP) is 3.62. The van der Waals surface area contributed by atoms with Crippen LogP contribution in [-0.2, 0) is 16.0 Å². The molecule has 3 rings (SSSR count). The number of nitro benzene ring substituents is 1. The van der Waals surface area contributed by atoms with Crippen LogP contribution >= 0.6 is 0 Å². The highest BCUT2D eigenvalue weighted by Crippen LogP contribution is 2.29. The second kappa shape index (κ2) is 7.94. The summed E-state index contributed by atoms with van der Waals surface area (Å²) in [6, 6.07) is 12.3. The largest absolute Gasteiger partial charge is 0.359 e. The van der Waals surface area contributed by atoms with Gasteiger partial charge in [-0.1, -0.05) is 12.1 Å². The highest BCUT2D eigenvalue weighted by Gasteiger charge is 2.13. The lowest BCUT2D eigenvalue weighted by Gasteiger charge is -2.08. The molecule has 136 valence electrons. The summed E-state index contributed by atoms with van der Waals surface area (Å²) in [6.07, 6.45) is 0. The first-order valence-electron chi connectivity index (χ1n) is 8.14. The van der Waals surface area contributed by atoms with Gasteiger partial charge >= 0.3 is 0 Å². The van der Waals surface area contributed by atoms with Gasteiger partial charge in [0.15, 0.2) is 0 Å². The third-order valence-corrected chi connectivity index (χ3v) is 3.96. The zero-order valence-electron chi connectivity index (χ0n) is 14.6. The van der Waals surface area contributed by atoms with E-state index in [1.807, 2.05) is 29.8 Å². The van der Waals surface area contributed by atoms with Crippen molar-refractivity contribution in [3.05, 3.63) is 58.3 Å². The average molecular weight is 356 g/mol. The summed E-state index contributed by atoms with van der Waals surface area (Å²) in [6.45, 7) is 3.30. The van der Waals surface area contributed by atoms with E-state index in [1.54, 1.807) is 25.3 Å². The van der Waals surface area contributed by atoms with Crippen LogP contribution in [0.2, 0.25) is 0 Å². The van der Waals surface area contributed by atoms with E-state index in [-0.39, 0.29) is 12.5 Å². The van der Waals surface area contributed by atoms with Crippen molar-refractivity contribution in [1.82, 2.24) is 9.78 Å². The van der Waals surface area contributed by atoms with Gasteiger partial charge < -0.3 is 14.8 Å². The predicted molar refractivity (Wildman–Crippen MR) is 98.7 cm³/mol. The van der Waals surface area contributed by atoms with E-state index in [2.05, 4.69) is 10.4 Å². The highest BCUT2D eigenvalue weighted by atomic mass is 16.7. The molecule has 0 aliphatic heterocycles. The van der Waals surface area contributed by atoms with Crippen LogP contribution in [0.15, 0.2) is 42.5 Å². The first-order chi connectivity index (χ1) is 12.6. The number of nitrogens with one attached hydrogen (secondary N) is 1. The molecule has 0 unspecified atom stereocenters. The number of aryl methyl sites for hydroxylation is 1. The lowest BCUT2D eigenvalue weighted by Crippen LogP contribution is -2.08. The van der Waals surface area contributed by atoms with Gasteiger partial charge in [0.05, 0.1) is 29.3 Å². The van der Waals surface area contributed by atoms with Crippen molar-refractivity contribution >= 4 is 28.0 Å². The fraction of sp³-hybridized carbons (Fsp3) is 0.278. The molecule has 1 heterocycles. The van der Waals surface area contributed by atoms with Gasteiger partial charge in [-0.05, 0) is 31.2 Å². The molecule has 3 aromatic rings. The Morgan fingerprint density at radius 2 is 2.08 bits per heavy atom. The molecule has 2 aromatic carbocycles. The number of anilines is 2. The standard InChI is InChI=1S/C18H20N4O4/c1-13-15-11-14(19-16-5-3-4-6-18(16)22(23)24)7-8-17(15)21(20-13)9-10-26-12-25-2/h3-8,11,19H,9-10,12H2,1-2H3. The molecule has 1 aromatic heterocycles. The molecular weight excluding hydrogens is 336 g/mol. The average Bonchev–Trinajstić information content (AvgIpc) is 2.94. The molecule has 0 amide bonds. The van der Waals surface area contributed by atoms with E-state index >= 15 is 0 Å². The number of para-hydroxylation sites is 2. The summed E-state index contributed by atoms with van der Waals surface area (Å²) >= 11 is 0. The van der Waals surface area contributed by atoms with Gasteiger partial charge in [0, 0.05) is 24.2 Å². The quantitative estimate of drug-likeness (QED) is 0.287. The third-order valence-electron chi connectivity index (χ3n) is 3.96. The molecule has 0 bridgehead atoms. The summed E-state index contributed by atoms with van der Waals surface area (Å²) in [5, 5.41) is 19.8. The minimum Gasteiger partial charge on any atom is -0.359 e. The van der Waals surface area contributed by atoms with E-state index in [0.29, 0.717) is 18.8 Å². The number of methoxy groups -OCH3 is 1. The number of hydrogen-bond acceptors (Lipinski definition) is 6. The third kappa shape index (κ3) is 3.81. The molecule has 0 aliphatic rings. The second-order valence-electron chi connectivity index (χ2n) is 5.75. The van der Waals surface area contributed by atoms with Crippen LogP contribution in [0.3, 0.4) is 0 Å². The van der Waals surface area contributed by atoms with Crippen molar-refractivity contribution in [3.8, 4) is 0 Å². The first-order valence-corrected chi connectivity index (χ1v) is 8.14. The minimum absolute atomic E-state index is 0.0373. The Bertz CT molecular complexity index is 923. The Morgan fingerprint density at radius 3 is 2.85 bits per heavy atom. The zero-order valence-corrected chi connectivity index (χ0v) is 14.6. The number of benzene rings is 2. The lowest BCUT2D eigenvalue weighted by atomic mass is 10.2. The molecule has 0 aliphatic carbocycles. The van der Waals surface area contributed by atoms with Gasteiger partial charge in [0.1, 0.15) is 12.5 Å². The molecule has 0 fully saturated rings. The van der Waals surface area contributed by atoms with Gasteiger partial charge in [-0.3, -0.25) is 14.8 Å². The number of ether oxygens (including phenoxy) is 2. The summed E-state index contributed by atoms with van der Waals surface area (Å²) in [5.74, 6) is 0. The molecule has 0 radical (unpaired) electrons. The van der Waals surface area contributed by atoms with Crippen LogP contribution in [-0.4, -0.2) is 35.2 Å². The smallest absolute Gasteiger partial charge is 0.292 e. The van der Waals surface area contributed by atoms with Crippen LogP contribution in [0.5, 0.6) is 0 Å². The maximum atomic E-state index is 11.2. The Kier molecular flexibility index (Phi) is 5.45. The molecule has 26 heavy (non-hydrogen) atoms. The van der Waals surface area contributed by atoms with Crippen molar-refractivity contribution in [2.75, 3.05) is 25.8 Å². The topological polar surface area (TPSA) is 91.5 Å². The molecule has 0 spiro atoms. The monoisotopic (exact) mass is 356 g/mol. The Morgan fingerprint density at radius 1 is 1.27 bits per heavy atom. The van der Waals surface area contributed by atoms with Crippen LogP contribution < -0.4 is 5.32 Å². The summed E-state index contributed by atoms with van der Waals surface area (Å²) in [7, 11) is 1.58. The van der Waals surface area contributed by atoms with Gasteiger partial charge in [-0.2, -0.15) is 5.10 Å². The highest BCUT2D eigenvalue weighted by molar-refractivity contribution is 5.86. The van der Waals surface area contributed by atoms with Crippen LogP contribution in [0, 0.1) is 17.0 Å². The first kappa shape index (κ1) is 17.8. The maximum absolute atomic E-state index is 11.2. The zero-order chi connectivity index (χ0) is 18.5. The maximum Gasteiger partial charge on any atom is 0.292 e. The number of aromatic nitrogens is 2. The second-order valence-corrected chi connectivity index (χ2v) is 5.75. The van der Waals surface area contributed by atoms with Gasteiger partial charge in [-0.15, -0.1) is 0 Å². The van der Waals surface area contributed by atoms with E-state index < -0.39 is 4.92 Å². The molecule has 0 saturated carbocycles. The Labute approximate surface area is 150 Å². The van der Waals surface area contributed by atoms with Gasteiger partial charge in [0.25, 0.3) is 5.69 Å². The molecule has 8 nitrogen and oxygen atoms in total. The van der Waals surface area contributed by atoms with Crippen molar-refractivity contribution in [2.24, 2.45) is 0 Å². The lowest BCUT2D eigenvalue weighted by molar-refractivity contribution is -0.383.